The van der Waals surface area contributed by atoms with Gasteiger partial charge in [0.2, 0.25) is 5.91 Å². The molecule has 0 spiro atoms. The fourth-order valence-corrected chi connectivity index (χ4v) is 2.42. The average molecular weight is 292 g/mol. The Kier molecular flexibility index (Phi) is 5.48. The van der Waals surface area contributed by atoms with Gasteiger partial charge in [0.1, 0.15) is 5.82 Å². The van der Waals surface area contributed by atoms with Crippen LogP contribution < -0.4 is 10.2 Å². The second-order valence-corrected chi connectivity index (χ2v) is 5.11. The van der Waals surface area contributed by atoms with Crippen molar-refractivity contribution in [3.63, 3.8) is 0 Å². The Morgan fingerprint density at radius 1 is 1.33 bits per heavy atom. The van der Waals surface area contributed by atoms with Gasteiger partial charge in [0.15, 0.2) is 0 Å². The van der Waals surface area contributed by atoms with Crippen LogP contribution in [-0.4, -0.2) is 46.6 Å². The minimum absolute atomic E-state index is 0.00255. The van der Waals surface area contributed by atoms with Crippen LogP contribution in [0.4, 0.5) is 5.82 Å². The zero-order valence-corrected chi connectivity index (χ0v) is 11.9. The molecule has 1 aliphatic heterocycles. The summed E-state index contributed by atoms with van der Waals surface area (Å²) in [5.41, 5.74) is 0. The van der Waals surface area contributed by atoms with Gasteiger partial charge in [0.05, 0.1) is 6.20 Å². The van der Waals surface area contributed by atoms with Crippen molar-refractivity contribution in [2.75, 3.05) is 24.5 Å². The fraction of sp³-hybridized carbons (Fsp3) is 0.571. The monoisotopic (exact) mass is 292 g/mol. The largest absolute Gasteiger partial charge is 0.481 e. The number of rotatable bonds is 6. The van der Waals surface area contributed by atoms with E-state index < -0.39 is 5.97 Å². The van der Waals surface area contributed by atoms with Gasteiger partial charge in [0, 0.05) is 44.4 Å². The van der Waals surface area contributed by atoms with E-state index in [-0.39, 0.29) is 18.2 Å². The van der Waals surface area contributed by atoms with E-state index in [1.807, 2.05) is 0 Å². The molecule has 1 aromatic rings. The fourth-order valence-electron chi connectivity index (χ4n) is 2.42. The third-order valence-electron chi connectivity index (χ3n) is 3.61. The molecule has 0 aliphatic carbocycles. The Morgan fingerprint density at radius 3 is 2.71 bits per heavy atom. The molecule has 2 rings (SSSR count). The molecule has 1 fully saturated rings. The summed E-state index contributed by atoms with van der Waals surface area (Å²) in [7, 11) is 0. The highest BCUT2D eigenvalue weighted by molar-refractivity contribution is 5.79. The molecule has 7 nitrogen and oxygen atoms in total. The molecule has 1 saturated heterocycles. The molecule has 2 heterocycles. The van der Waals surface area contributed by atoms with E-state index >= 15 is 0 Å². The van der Waals surface area contributed by atoms with Gasteiger partial charge >= 0.3 is 5.97 Å². The van der Waals surface area contributed by atoms with Crippen LogP contribution in [0.15, 0.2) is 18.6 Å². The topological polar surface area (TPSA) is 95.4 Å². The number of amides is 1. The van der Waals surface area contributed by atoms with Crippen LogP contribution in [0.25, 0.3) is 0 Å². The molecule has 2 N–H and O–H groups in total. The van der Waals surface area contributed by atoms with Crippen molar-refractivity contribution in [3.8, 4) is 0 Å². The Balaban J connectivity index is 1.71. The number of anilines is 1. The predicted octanol–water partition coefficient (Wildman–Crippen LogP) is 0.674. The number of piperidine rings is 1. The molecule has 0 saturated carbocycles. The molecule has 21 heavy (non-hydrogen) atoms. The first-order valence-electron chi connectivity index (χ1n) is 7.17. The van der Waals surface area contributed by atoms with Gasteiger partial charge in [-0.3, -0.25) is 14.6 Å². The Morgan fingerprint density at radius 2 is 2.10 bits per heavy atom. The van der Waals surface area contributed by atoms with Crippen LogP contribution in [0.3, 0.4) is 0 Å². The highest BCUT2D eigenvalue weighted by atomic mass is 16.4. The lowest BCUT2D eigenvalue weighted by atomic mass is 9.96. The van der Waals surface area contributed by atoms with Crippen molar-refractivity contribution < 1.29 is 14.7 Å². The first-order valence-corrected chi connectivity index (χ1v) is 7.17. The number of nitrogens with one attached hydrogen (secondary N) is 1. The number of carboxylic acid groups (broad SMARTS) is 1. The minimum atomic E-state index is -0.832. The summed E-state index contributed by atoms with van der Waals surface area (Å²) in [6.07, 6.45) is 7.15. The van der Waals surface area contributed by atoms with Crippen molar-refractivity contribution in [3.05, 3.63) is 18.6 Å². The average Bonchev–Trinajstić information content (AvgIpc) is 2.52. The van der Waals surface area contributed by atoms with Crippen molar-refractivity contribution >= 4 is 17.7 Å². The summed E-state index contributed by atoms with van der Waals surface area (Å²) in [4.78, 5) is 32.8. The molecule has 1 aliphatic rings. The second-order valence-electron chi connectivity index (χ2n) is 5.11. The minimum Gasteiger partial charge on any atom is -0.481 e. The lowest BCUT2D eigenvalue weighted by Gasteiger charge is -2.31. The first kappa shape index (κ1) is 15.2. The summed E-state index contributed by atoms with van der Waals surface area (Å²) < 4.78 is 0. The van der Waals surface area contributed by atoms with E-state index in [9.17, 15) is 9.59 Å². The molecular formula is C14H20N4O3. The smallest absolute Gasteiger partial charge is 0.303 e. The van der Waals surface area contributed by atoms with Crippen molar-refractivity contribution in [1.29, 1.82) is 0 Å². The molecule has 7 heteroatoms. The molecule has 0 aromatic carbocycles. The number of nitrogens with zero attached hydrogens (tertiary/aromatic N) is 3. The van der Waals surface area contributed by atoms with Crippen molar-refractivity contribution in [2.45, 2.75) is 25.7 Å². The molecule has 1 amide bonds. The van der Waals surface area contributed by atoms with Crippen LogP contribution in [-0.2, 0) is 9.59 Å². The van der Waals surface area contributed by atoms with Gasteiger partial charge in [-0.15, -0.1) is 0 Å². The maximum absolute atomic E-state index is 12.0. The standard InChI is InChI=1S/C14H20N4O3/c19-13(20)2-1-5-17-14(21)11-3-8-18(9-4-11)12-10-15-6-7-16-12/h6-7,10-11H,1-5,8-9H2,(H,17,21)(H,19,20). The number of hydrogen-bond donors (Lipinski definition) is 2. The van der Waals surface area contributed by atoms with E-state index in [1.54, 1.807) is 18.6 Å². The van der Waals surface area contributed by atoms with Crippen LogP contribution >= 0.6 is 0 Å². The van der Waals surface area contributed by atoms with E-state index in [4.69, 9.17) is 5.11 Å². The number of carbonyl (C=O) groups excluding carboxylic acids is 1. The Labute approximate surface area is 123 Å². The van der Waals surface area contributed by atoms with Crippen molar-refractivity contribution in [2.24, 2.45) is 5.92 Å². The van der Waals surface area contributed by atoms with Gasteiger partial charge in [-0.1, -0.05) is 0 Å². The van der Waals surface area contributed by atoms with Crippen LogP contribution in [0.2, 0.25) is 0 Å². The molecular weight excluding hydrogens is 272 g/mol. The number of carbonyl (C=O) groups is 2. The second kappa shape index (κ2) is 7.56. The first-order chi connectivity index (χ1) is 10.2. The Hall–Kier alpha value is -2.18. The number of aliphatic carboxylic acids is 1. The number of aromatic nitrogens is 2. The summed E-state index contributed by atoms with van der Waals surface area (Å²) in [5.74, 6) is 0.0429. The maximum atomic E-state index is 12.0. The molecule has 0 unspecified atom stereocenters. The van der Waals surface area contributed by atoms with Crippen LogP contribution in [0, 0.1) is 5.92 Å². The van der Waals surface area contributed by atoms with Gasteiger partial charge in [-0.2, -0.15) is 0 Å². The van der Waals surface area contributed by atoms with Crippen LogP contribution in [0.1, 0.15) is 25.7 Å². The van der Waals surface area contributed by atoms with Gasteiger partial charge in [-0.05, 0) is 19.3 Å². The number of hydrogen-bond acceptors (Lipinski definition) is 5. The third kappa shape index (κ3) is 4.70. The highest BCUT2D eigenvalue weighted by Crippen LogP contribution is 2.21. The predicted molar refractivity (Wildman–Crippen MR) is 76.8 cm³/mol. The summed E-state index contributed by atoms with van der Waals surface area (Å²) in [5, 5.41) is 11.3. The van der Waals surface area contributed by atoms with E-state index in [2.05, 4.69) is 20.2 Å². The van der Waals surface area contributed by atoms with Gasteiger partial charge in [0.25, 0.3) is 0 Å². The molecule has 114 valence electrons. The zero-order chi connectivity index (χ0) is 15.1. The summed E-state index contributed by atoms with van der Waals surface area (Å²) in [6.45, 7) is 1.99. The van der Waals surface area contributed by atoms with Crippen LogP contribution in [0.5, 0.6) is 0 Å². The lowest BCUT2D eigenvalue weighted by molar-refractivity contribution is -0.137. The summed E-state index contributed by atoms with van der Waals surface area (Å²) >= 11 is 0. The lowest BCUT2D eigenvalue weighted by Crippen LogP contribution is -2.41. The van der Waals surface area contributed by atoms with Crippen molar-refractivity contribution in [1.82, 2.24) is 15.3 Å². The number of carboxylic acids is 1. The maximum Gasteiger partial charge on any atom is 0.303 e. The SMILES string of the molecule is O=C(O)CCCNC(=O)C1CCN(c2cnccn2)CC1. The van der Waals surface area contributed by atoms with Gasteiger partial charge < -0.3 is 15.3 Å². The zero-order valence-electron chi connectivity index (χ0n) is 11.9. The molecule has 1 aromatic heterocycles. The van der Waals surface area contributed by atoms with E-state index in [1.165, 1.54) is 0 Å². The quantitative estimate of drug-likeness (QED) is 0.748. The van der Waals surface area contributed by atoms with Gasteiger partial charge in [-0.25, -0.2) is 4.98 Å². The Bertz CT molecular complexity index is 472. The molecule has 0 radical (unpaired) electrons. The third-order valence-corrected chi connectivity index (χ3v) is 3.61. The van der Waals surface area contributed by atoms with E-state index in [0.29, 0.717) is 13.0 Å². The highest BCUT2D eigenvalue weighted by Gasteiger charge is 2.25. The summed E-state index contributed by atoms with van der Waals surface area (Å²) in [6, 6.07) is 0. The molecule has 0 bridgehead atoms. The molecule has 0 atom stereocenters. The normalized spacial score (nSPS) is 15.7. The van der Waals surface area contributed by atoms with E-state index in [0.717, 1.165) is 31.7 Å².